The first kappa shape index (κ1) is 13.4. The molecule has 3 heteroatoms. The number of aromatic nitrogens is 1. The van der Waals surface area contributed by atoms with Gasteiger partial charge in [-0.25, -0.2) is 0 Å². The van der Waals surface area contributed by atoms with Gasteiger partial charge < -0.3 is 5.32 Å². The third-order valence-corrected chi connectivity index (χ3v) is 3.10. The van der Waals surface area contributed by atoms with Crippen LogP contribution in [-0.2, 0) is 0 Å². The van der Waals surface area contributed by atoms with Crippen LogP contribution in [-0.4, -0.2) is 11.5 Å². The molecule has 1 aromatic heterocycles. The maximum atomic E-state index is 4.44. The lowest BCUT2D eigenvalue weighted by atomic mass is 10.0. The summed E-state index contributed by atoms with van der Waals surface area (Å²) in [4.78, 5) is 4.44. The van der Waals surface area contributed by atoms with Crippen molar-refractivity contribution in [3.05, 3.63) is 40.6 Å². The van der Waals surface area contributed by atoms with Gasteiger partial charge in [0.2, 0.25) is 0 Å². The van der Waals surface area contributed by atoms with E-state index in [0.717, 1.165) is 29.6 Å². The number of nitrogens with zero attached hydrogens (tertiary/aromatic N) is 1. The Balaban J connectivity index is 2.76. The van der Waals surface area contributed by atoms with Gasteiger partial charge in [-0.1, -0.05) is 12.5 Å². The molecule has 2 nitrogen and oxygen atoms in total. The minimum Gasteiger partial charge on any atom is -0.309 e. The summed E-state index contributed by atoms with van der Waals surface area (Å²) in [5, 5.41) is 3.46. The minimum atomic E-state index is 0.303. The van der Waals surface area contributed by atoms with Crippen molar-refractivity contribution in [1.29, 1.82) is 0 Å². The van der Waals surface area contributed by atoms with Crippen molar-refractivity contribution in [2.75, 3.05) is 6.54 Å². The molecule has 0 fully saturated rings. The Morgan fingerprint density at radius 2 is 2.38 bits per heavy atom. The van der Waals surface area contributed by atoms with Crippen LogP contribution < -0.4 is 5.32 Å². The fourth-order valence-corrected chi connectivity index (χ4v) is 2.16. The molecule has 0 aliphatic heterocycles. The van der Waals surface area contributed by atoms with Gasteiger partial charge in [0.1, 0.15) is 0 Å². The number of hydrogen-bond acceptors (Lipinski definition) is 2. The second kappa shape index (κ2) is 6.81. The van der Waals surface area contributed by atoms with Crippen molar-refractivity contribution in [3.8, 4) is 0 Å². The van der Waals surface area contributed by atoms with E-state index in [4.69, 9.17) is 0 Å². The predicted octanol–water partition coefficient (Wildman–Crippen LogP) is 3.85. The lowest BCUT2D eigenvalue weighted by Crippen LogP contribution is -2.22. The van der Waals surface area contributed by atoms with E-state index in [1.54, 1.807) is 0 Å². The van der Waals surface area contributed by atoms with Crippen LogP contribution in [0.1, 0.15) is 38.4 Å². The topological polar surface area (TPSA) is 24.9 Å². The van der Waals surface area contributed by atoms with Crippen LogP contribution in [0.3, 0.4) is 0 Å². The number of hydrogen-bond donors (Lipinski definition) is 1. The van der Waals surface area contributed by atoms with Crippen molar-refractivity contribution >= 4 is 15.9 Å². The van der Waals surface area contributed by atoms with E-state index in [1.807, 2.05) is 18.3 Å². The molecule has 1 aromatic rings. The standard InChI is InChI=1S/C13H19BrN2/c1-4-15-12(8-7-10(2)3)13-11(14)6-5-9-16-13/h5-6,9,12,15H,2,4,7-8H2,1,3H3. The van der Waals surface area contributed by atoms with Crippen molar-refractivity contribution in [3.63, 3.8) is 0 Å². The largest absolute Gasteiger partial charge is 0.309 e. The van der Waals surface area contributed by atoms with E-state index in [1.165, 1.54) is 5.57 Å². The first-order chi connectivity index (χ1) is 7.65. The SMILES string of the molecule is C=C(C)CCC(NCC)c1ncccc1Br. The normalized spacial score (nSPS) is 12.4. The summed E-state index contributed by atoms with van der Waals surface area (Å²) in [6.45, 7) is 9.07. The summed E-state index contributed by atoms with van der Waals surface area (Å²) in [5.74, 6) is 0. The molecule has 88 valence electrons. The fourth-order valence-electron chi connectivity index (χ4n) is 1.63. The van der Waals surface area contributed by atoms with Gasteiger partial charge in [0.05, 0.1) is 11.7 Å². The molecule has 0 bridgehead atoms. The fraction of sp³-hybridized carbons (Fsp3) is 0.462. The molecule has 1 heterocycles. The van der Waals surface area contributed by atoms with Gasteiger partial charge in [-0.05, 0) is 54.4 Å². The Kier molecular flexibility index (Phi) is 5.71. The maximum Gasteiger partial charge on any atom is 0.0714 e. The molecule has 0 spiro atoms. The summed E-state index contributed by atoms with van der Waals surface area (Å²) < 4.78 is 1.07. The van der Waals surface area contributed by atoms with E-state index in [9.17, 15) is 0 Å². The molecular weight excluding hydrogens is 264 g/mol. The van der Waals surface area contributed by atoms with Gasteiger partial charge >= 0.3 is 0 Å². The highest BCUT2D eigenvalue weighted by Gasteiger charge is 2.14. The molecule has 0 amide bonds. The molecule has 0 saturated heterocycles. The Morgan fingerprint density at radius 1 is 1.62 bits per heavy atom. The number of nitrogens with one attached hydrogen (secondary N) is 1. The zero-order valence-corrected chi connectivity index (χ0v) is 11.5. The first-order valence-electron chi connectivity index (χ1n) is 5.63. The Hall–Kier alpha value is -0.670. The molecule has 1 N–H and O–H groups in total. The third kappa shape index (κ3) is 4.06. The molecule has 0 aromatic carbocycles. The molecule has 0 radical (unpaired) electrons. The molecule has 0 aliphatic rings. The van der Waals surface area contributed by atoms with Gasteiger partial charge in [-0.2, -0.15) is 0 Å². The number of pyridine rings is 1. The monoisotopic (exact) mass is 282 g/mol. The van der Waals surface area contributed by atoms with Gasteiger partial charge in [0.25, 0.3) is 0 Å². The average molecular weight is 283 g/mol. The lowest BCUT2D eigenvalue weighted by molar-refractivity contribution is 0.501. The smallest absolute Gasteiger partial charge is 0.0714 e. The molecule has 1 rings (SSSR count). The minimum absolute atomic E-state index is 0.303. The van der Waals surface area contributed by atoms with Crippen LogP contribution in [0.5, 0.6) is 0 Å². The second-order valence-electron chi connectivity index (χ2n) is 3.98. The Bertz CT molecular complexity index is 350. The van der Waals surface area contributed by atoms with Crippen molar-refractivity contribution < 1.29 is 0 Å². The number of rotatable bonds is 6. The molecule has 16 heavy (non-hydrogen) atoms. The van der Waals surface area contributed by atoms with Crippen LogP contribution in [0.4, 0.5) is 0 Å². The summed E-state index contributed by atoms with van der Waals surface area (Å²) >= 11 is 3.55. The summed E-state index contributed by atoms with van der Waals surface area (Å²) in [7, 11) is 0. The van der Waals surface area contributed by atoms with Gasteiger partial charge in [0, 0.05) is 10.7 Å². The zero-order valence-electron chi connectivity index (χ0n) is 9.96. The highest BCUT2D eigenvalue weighted by Crippen LogP contribution is 2.25. The quantitative estimate of drug-likeness (QED) is 0.802. The van der Waals surface area contributed by atoms with E-state index in [2.05, 4.69) is 46.7 Å². The van der Waals surface area contributed by atoms with Crippen LogP contribution in [0.2, 0.25) is 0 Å². The third-order valence-electron chi connectivity index (χ3n) is 2.43. The highest BCUT2D eigenvalue weighted by molar-refractivity contribution is 9.10. The van der Waals surface area contributed by atoms with Crippen LogP contribution in [0.25, 0.3) is 0 Å². The van der Waals surface area contributed by atoms with E-state index >= 15 is 0 Å². The lowest BCUT2D eigenvalue weighted by Gasteiger charge is -2.18. The number of halogens is 1. The summed E-state index contributed by atoms with van der Waals surface area (Å²) in [6, 6.07) is 4.28. The highest BCUT2D eigenvalue weighted by atomic mass is 79.9. The molecular formula is C13H19BrN2. The van der Waals surface area contributed by atoms with Crippen molar-refractivity contribution in [2.45, 2.75) is 32.7 Å². The van der Waals surface area contributed by atoms with Crippen LogP contribution >= 0.6 is 15.9 Å². The maximum absolute atomic E-state index is 4.44. The number of allylic oxidation sites excluding steroid dienone is 1. The first-order valence-corrected chi connectivity index (χ1v) is 6.42. The summed E-state index contributed by atoms with van der Waals surface area (Å²) in [5.41, 5.74) is 2.31. The van der Waals surface area contributed by atoms with E-state index in [-0.39, 0.29) is 0 Å². The summed E-state index contributed by atoms with van der Waals surface area (Å²) in [6.07, 6.45) is 3.91. The van der Waals surface area contributed by atoms with Crippen LogP contribution in [0, 0.1) is 0 Å². The van der Waals surface area contributed by atoms with Crippen molar-refractivity contribution in [2.24, 2.45) is 0 Å². The average Bonchev–Trinajstić information content (AvgIpc) is 2.25. The predicted molar refractivity (Wildman–Crippen MR) is 72.4 cm³/mol. The van der Waals surface area contributed by atoms with Gasteiger partial charge in [-0.15, -0.1) is 6.58 Å². The molecule has 1 unspecified atom stereocenters. The molecule has 1 atom stereocenters. The molecule has 0 saturated carbocycles. The Morgan fingerprint density at radius 3 is 2.94 bits per heavy atom. The van der Waals surface area contributed by atoms with Gasteiger partial charge in [-0.3, -0.25) is 4.98 Å². The zero-order chi connectivity index (χ0) is 12.0. The molecule has 0 aliphatic carbocycles. The van der Waals surface area contributed by atoms with Crippen LogP contribution in [0.15, 0.2) is 35.0 Å². The Labute approximate surface area is 106 Å². The van der Waals surface area contributed by atoms with Gasteiger partial charge in [0.15, 0.2) is 0 Å². The van der Waals surface area contributed by atoms with Crippen molar-refractivity contribution in [1.82, 2.24) is 10.3 Å². The second-order valence-corrected chi connectivity index (χ2v) is 4.83. The van der Waals surface area contributed by atoms with E-state index in [0.29, 0.717) is 6.04 Å². The van der Waals surface area contributed by atoms with E-state index < -0.39 is 0 Å².